The monoisotopic (exact) mass is 343 g/mol. The summed E-state index contributed by atoms with van der Waals surface area (Å²) >= 11 is 0. The van der Waals surface area contributed by atoms with Crippen molar-refractivity contribution < 1.29 is 14.9 Å². The number of nitrogens with zero attached hydrogens (tertiary/aromatic N) is 1. The first-order valence-corrected chi connectivity index (χ1v) is 8.94. The molecule has 0 radical (unpaired) electrons. The van der Waals surface area contributed by atoms with Gasteiger partial charge in [-0.05, 0) is 17.5 Å². The Kier molecular flexibility index (Phi) is 8.63. The minimum Gasteiger partial charge on any atom is -0.395 e. The first kappa shape index (κ1) is 19.6. The van der Waals surface area contributed by atoms with Crippen molar-refractivity contribution in [3.63, 3.8) is 0 Å². The summed E-state index contributed by atoms with van der Waals surface area (Å²) in [7, 11) is 0. The molecule has 0 unspecified atom stereocenters. The molecule has 0 amide bonds. The molecule has 2 atom stereocenters. The molecular weight excluding hydrogens is 314 g/mol. The van der Waals surface area contributed by atoms with Crippen LogP contribution in [-0.2, 0) is 11.3 Å². The molecule has 0 saturated carbocycles. The summed E-state index contributed by atoms with van der Waals surface area (Å²) in [5.74, 6) is 0. The maximum atomic E-state index is 10.4. The van der Waals surface area contributed by atoms with Crippen molar-refractivity contribution in [3.8, 4) is 0 Å². The van der Waals surface area contributed by atoms with Gasteiger partial charge in [0.25, 0.3) is 0 Å². The van der Waals surface area contributed by atoms with Gasteiger partial charge in [-0.3, -0.25) is 4.90 Å². The second kappa shape index (κ2) is 11.0. The molecule has 2 N–H and O–H groups in total. The second-order valence-electron chi connectivity index (χ2n) is 6.24. The Balaban J connectivity index is 1.84. The highest BCUT2D eigenvalue weighted by atomic mass is 16.5. The van der Waals surface area contributed by atoms with Crippen LogP contribution in [0.5, 0.6) is 0 Å². The van der Waals surface area contributed by atoms with Crippen LogP contribution in [0.4, 0.5) is 0 Å². The summed E-state index contributed by atoms with van der Waals surface area (Å²) in [5.41, 5.74) is 2.30. The van der Waals surface area contributed by atoms with Crippen LogP contribution in [0.2, 0.25) is 0 Å². The lowest BCUT2D eigenvalue weighted by Gasteiger charge is -2.25. The number of aliphatic hydroxyl groups excluding tert-OH is 2. The lowest BCUT2D eigenvalue weighted by atomic mass is 10.1. The van der Waals surface area contributed by atoms with Crippen molar-refractivity contribution in [2.24, 2.45) is 0 Å². The molecule has 2 rings (SSSR count). The van der Waals surface area contributed by atoms with E-state index in [2.05, 4.69) is 19.1 Å². The fourth-order valence-electron chi connectivity index (χ4n) is 2.91. The van der Waals surface area contributed by atoms with Crippen LogP contribution in [-0.4, -0.2) is 47.5 Å². The van der Waals surface area contributed by atoms with Crippen molar-refractivity contribution in [1.82, 2.24) is 4.90 Å². The zero-order chi connectivity index (χ0) is 17.9. The van der Waals surface area contributed by atoms with E-state index >= 15 is 0 Å². The largest absolute Gasteiger partial charge is 0.395 e. The van der Waals surface area contributed by atoms with Gasteiger partial charge in [0.05, 0.1) is 25.4 Å². The number of benzene rings is 2. The van der Waals surface area contributed by atoms with Gasteiger partial charge in [-0.2, -0.15) is 0 Å². The summed E-state index contributed by atoms with van der Waals surface area (Å²) in [6.45, 7) is 4.14. The van der Waals surface area contributed by atoms with E-state index in [1.54, 1.807) is 0 Å². The molecule has 136 valence electrons. The average Bonchev–Trinajstić information content (AvgIpc) is 2.64. The van der Waals surface area contributed by atoms with Gasteiger partial charge in [0, 0.05) is 19.6 Å². The number of hydrogen-bond acceptors (Lipinski definition) is 4. The third-order valence-electron chi connectivity index (χ3n) is 4.17. The van der Waals surface area contributed by atoms with Crippen LogP contribution in [0.25, 0.3) is 0 Å². The molecular formula is C21H29NO3. The van der Waals surface area contributed by atoms with Gasteiger partial charge in [-0.15, -0.1) is 0 Å². The van der Waals surface area contributed by atoms with E-state index < -0.39 is 6.10 Å². The van der Waals surface area contributed by atoms with Gasteiger partial charge >= 0.3 is 0 Å². The molecule has 0 aliphatic heterocycles. The number of aliphatic hydroxyl groups is 2. The molecule has 2 aromatic rings. The summed E-state index contributed by atoms with van der Waals surface area (Å²) in [5, 5.41) is 19.6. The van der Waals surface area contributed by atoms with E-state index in [0.29, 0.717) is 19.6 Å². The van der Waals surface area contributed by atoms with Gasteiger partial charge < -0.3 is 14.9 Å². The molecule has 0 spiro atoms. The van der Waals surface area contributed by atoms with E-state index in [4.69, 9.17) is 4.74 Å². The lowest BCUT2D eigenvalue weighted by molar-refractivity contribution is -0.0257. The molecule has 25 heavy (non-hydrogen) atoms. The Morgan fingerprint density at radius 3 is 2.24 bits per heavy atom. The van der Waals surface area contributed by atoms with E-state index in [9.17, 15) is 10.2 Å². The zero-order valence-corrected chi connectivity index (χ0v) is 14.9. The summed E-state index contributed by atoms with van der Waals surface area (Å²) < 4.78 is 5.93. The van der Waals surface area contributed by atoms with Gasteiger partial charge in [0.2, 0.25) is 0 Å². The second-order valence-corrected chi connectivity index (χ2v) is 6.24. The maximum Gasteiger partial charge on any atom is 0.0900 e. The van der Waals surface area contributed by atoms with Crippen LogP contribution in [0.15, 0.2) is 60.7 Å². The Hall–Kier alpha value is -1.72. The van der Waals surface area contributed by atoms with Crippen LogP contribution in [0, 0.1) is 0 Å². The SMILES string of the molecule is CC[C@H](OC[C@H](O)CN(CCO)Cc1ccccc1)c1ccccc1. The molecule has 0 heterocycles. The van der Waals surface area contributed by atoms with E-state index in [-0.39, 0.29) is 19.3 Å². The molecule has 0 fully saturated rings. The number of hydrogen-bond donors (Lipinski definition) is 2. The van der Waals surface area contributed by atoms with Gasteiger partial charge in [-0.25, -0.2) is 0 Å². The fourth-order valence-corrected chi connectivity index (χ4v) is 2.91. The Morgan fingerprint density at radius 1 is 1.00 bits per heavy atom. The van der Waals surface area contributed by atoms with Crippen molar-refractivity contribution in [2.45, 2.75) is 32.1 Å². The van der Waals surface area contributed by atoms with E-state index in [0.717, 1.165) is 12.0 Å². The average molecular weight is 343 g/mol. The van der Waals surface area contributed by atoms with Crippen LogP contribution < -0.4 is 0 Å². The molecule has 0 aromatic heterocycles. The Morgan fingerprint density at radius 2 is 1.64 bits per heavy atom. The van der Waals surface area contributed by atoms with Crippen LogP contribution >= 0.6 is 0 Å². The van der Waals surface area contributed by atoms with Crippen molar-refractivity contribution in [2.75, 3.05) is 26.3 Å². The van der Waals surface area contributed by atoms with Crippen molar-refractivity contribution in [1.29, 1.82) is 0 Å². The van der Waals surface area contributed by atoms with Gasteiger partial charge in [-0.1, -0.05) is 67.6 Å². The summed E-state index contributed by atoms with van der Waals surface area (Å²) in [6, 6.07) is 20.2. The Labute approximate surface area is 150 Å². The van der Waals surface area contributed by atoms with E-state index in [1.807, 2.05) is 53.4 Å². The predicted molar refractivity (Wildman–Crippen MR) is 100 cm³/mol. The van der Waals surface area contributed by atoms with Crippen LogP contribution in [0.3, 0.4) is 0 Å². The maximum absolute atomic E-state index is 10.4. The molecule has 2 aromatic carbocycles. The number of rotatable bonds is 11. The number of ether oxygens (including phenoxy) is 1. The molecule has 4 nitrogen and oxygen atoms in total. The van der Waals surface area contributed by atoms with Crippen molar-refractivity contribution in [3.05, 3.63) is 71.8 Å². The van der Waals surface area contributed by atoms with Crippen molar-refractivity contribution >= 4 is 0 Å². The Bertz CT molecular complexity index is 576. The first-order valence-electron chi connectivity index (χ1n) is 8.94. The molecule has 0 saturated heterocycles. The first-order chi connectivity index (χ1) is 12.2. The zero-order valence-electron chi connectivity index (χ0n) is 14.9. The standard InChI is InChI=1S/C21H29NO3/c1-2-21(19-11-7-4-8-12-19)25-17-20(24)16-22(13-14-23)15-18-9-5-3-6-10-18/h3-12,20-21,23-24H,2,13-17H2,1H3/t20-,21+/m1/s1. The summed E-state index contributed by atoms with van der Waals surface area (Å²) in [6.07, 6.45) is 0.269. The fraction of sp³-hybridized carbons (Fsp3) is 0.429. The van der Waals surface area contributed by atoms with Gasteiger partial charge in [0.1, 0.15) is 0 Å². The molecule has 0 aliphatic carbocycles. The highest BCUT2D eigenvalue weighted by Gasteiger charge is 2.15. The highest BCUT2D eigenvalue weighted by Crippen LogP contribution is 2.20. The normalized spacial score (nSPS) is 13.8. The summed E-state index contributed by atoms with van der Waals surface area (Å²) in [4.78, 5) is 2.05. The minimum atomic E-state index is -0.590. The third kappa shape index (κ3) is 6.96. The quantitative estimate of drug-likeness (QED) is 0.658. The predicted octanol–water partition coefficient (Wildman–Crippen LogP) is 3.01. The lowest BCUT2D eigenvalue weighted by Crippen LogP contribution is -2.36. The molecule has 0 aliphatic rings. The highest BCUT2D eigenvalue weighted by molar-refractivity contribution is 5.17. The van der Waals surface area contributed by atoms with Crippen LogP contribution in [0.1, 0.15) is 30.6 Å². The van der Waals surface area contributed by atoms with E-state index in [1.165, 1.54) is 5.56 Å². The molecule has 4 heteroatoms. The topological polar surface area (TPSA) is 52.9 Å². The molecule has 0 bridgehead atoms. The van der Waals surface area contributed by atoms with Gasteiger partial charge in [0.15, 0.2) is 0 Å². The minimum absolute atomic E-state index is 0.00346. The third-order valence-corrected chi connectivity index (χ3v) is 4.17. The smallest absolute Gasteiger partial charge is 0.0900 e.